The molecule has 6 aromatic rings. The van der Waals surface area contributed by atoms with E-state index in [1.165, 1.54) is 68.0 Å². The van der Waals surface area contributed by atoms with E-state index in [1.807, 2.05) is 0 Å². The van der Waals surface area contributed by atoms with Crippen molar-refractivity contribution in [3.63, 3.8) is 0 Å². The number of ether oxygens (including phenoxy) is 6. The van der Waals surface area contributed by atoms with Gasteiger partial charge in [-0.1, -0.05) is 50.9 Å². The van der Waals surface area contributed by atoms with E-state index in [0.29, 0.717) is 0 Å². The van der Waals surface area contributed by atoms with Crippen LogP contribution >= 0.6 is 67.9 Å². The van der Waals surface area contributed by atoms with Crippen LogP contribution in [0.3, 0.4) is 0 Å². The Morgan fingerprint density at radius 2 is 0.637 bits per heavy atom. The van der Waals surface area contributed by atoms with Crippen LogP contribution in [-0.4, -0.2) is 341 Å². The lowest BCUT2D eigenvalue weighted by Crippen LogP contribution is -2.33. The predicted molar refractivity (Wildman–Crippen MR) is 425 cm³/mol. The van der Waals surface area contributed by atoms with E-state index < -0.39 is 198 Å². The maximum Gasteiger partial charge on any atom is 0.694 e. The topological polar surface area (TPSA) is 891 Å². The SMILES string of the molecule is C=C(N)c1ncn([C@@H]2O[C@H](COP(=O)(O)F)[C@@H](O)[C@H]2O)n1.C=C(N)c1ncn([C@@H]2O[C@H](COP(C)(=O)O)[C@@H](O)[C@H]2O)n1.C=C(N)c1ncn([C@@H]2O[C@H](COP(O)(O)=S)[C@@H](O)[C@H]2O)n1.C=C(N)c1ncn([C@@H]2O[C@H](CO[P+](=O)O)[C@@H](O)[C@H]2O)n1.C=C(N)c1ncn([C@@H]2O[C@H](CO[P+](=O)S)[C@@H](O)[C@H]2O)n1.C=C(N)c1ncn([C@@H]2O[C@H](CSP(C)(=O)O)[C@@H](O)[C@H]2O)n1. The number of thiol groups is 1. The summed E-state index contributed by atoms with van der Waals surface area (Å²) >= 11 is 8.65. The molecular formula is C56H91FN24O34P6S3+2. The molecule has 58 nitrogen and oxygen atoms in total. The molecule has 0 aromatic carbocycles. The van der Waals surface area contributed by atoms with Crippen LogP contribution in [0, 0.1) is 0 Å². The normalized spacial score (nSPS) is 31.1. The highest BCUT2D eigenvalue weighted by Gasteiger charge is 2.51. The van der Waals surface area contributed by atoms with Crippen molar-refractivity contribution in [1.29, 1.82) is 0 Å². The van der Waals surface area contributed by atoms with Crippen molar-refractivity contribution in [2.45, 2.75) is 147 Å². The lowest BCUT2D eigenvalue weighted by atomic mass is 10.1. The van der Waals surface area contributed by atoms with Crippen LogP contribution in [0.2, 0.25) is 0 Å². The van der Waals surface area contributed by atoms with Gasteiger partial charge in [0.25, 0.3) is 6.57 Å². The van der Waals surface area contributed by atoms with Gasteiger partial charge in [-0.15, -0.1) is 48.7 Å². The standard InChI is InChI=1S/C10H17N4O6P.C10H17N4O5PS.C9H14FN4O6P.C9H15N4O6PS.C9H13N4O6P.C9H13N4O5PS/c1-5(11)9-12-4-14(13-9)10-8(16)7(15)6(20-10)3-19-21(2,17)18;1-5(11)9-12-4-14(13-9)10-8(16)7(15)6(19-10)3-21-20(2,17)18;1-4(11)8-12-3-14(13-8)9-7(16)6(15)5(20-9)2-19-21(10,17)18;1-4(10)8-11-3-13(12-8)9-7(15)6(14)5(19-9)2-18-20(16,17)21;1-4(10)8-11-3-13(12-8)9-7(15)6(14)5(19-9)2-18-20(16)17;1-4(10)8-11-3-13(12-8)9-7(15)6(14)5(18-9)2-17-19(16)20/h2*4,6-8,10,15-16H,1,3,11H2,2H3,(H,17,18);3,5-7,9,15-16H,1-2,11H2,(H,17,18);3,5-7,9,14-15H,1-2,10H2,(H2,16,17,21);2*3,5-7,9,14-15H,1-2,10H2/p+2/t2*6-,7-,8-,10-;4*5-,6-,7-,9-/m111111/s1. The summed E-state index contributed by atoms with van der Waals surface area (Å²) in [5.41, 5.74) is 33.5. The Morgan fingerprint density at radius 1 is 0.419 bits per heavy atom. The molecule has 5 unspecified atom stereocenters. The Balaban J connectivity index is 0.000000204. The number of halogens is 1. The number of hydrogen-bond donors (Lipinski definition) is 25. The lowest BCUT2D eigenvalue weighted by molar-refractivity contribution is -0.0573. The number of aromatic nitrogens is 18. The van der Waals surface area contributed by atoms with Crippen molar-refractivity contribution in [3.05, 3.63) is 112 Å². The highest BCUT2D eigenvalue weighted by atomic mass is 32.7. The van der Waals surface area contributed by atoms with E-state index in [1.54, 1.807) is 0 Å². The van der Waals surface area contributed by atoms with Crippen LogP contribution < -0.4 is 34.4 Å². The van der Waals surface area contributed by atoms with Crippen molar-refractivity contribution in [2.75, 3.05) is 52.1 Å². The molecule has 29 atom stereocenters. The summed E-state index contributed by atoms with van der Waals surface area (Å²) in [6, 6.07) is 0. The van der Waals surface area contributed by atoms with Gasteiger partial charge in [0.1, 0.15) is 167 Å². The number of nitrogens with zero attached hydrogens (tertiary/aromatic N) is 18. The molecule has 0 amide bonds. The molecule has 6 aliphatic rings. The average molecular weight is 1950 g/mol. The monoisotopic (exact) mass is 1940 g/mol. The summed E-state index contributed by atoms with van der Waals surface area (Å²) in [7, 11) is -13.8. The molecule has 0 aliphatic carbocycles. The van der Waals surface area contributed by atoms with Crippen molar-refractivity contribution >= 4 is 114 Å². The highest BCUT2D eigenvalue weighted by molar-refractivity contribution is 8.56. The van der Waals surface area contributed by atoms with Crippen LogP contribution in [-0.2, 0) is 85.7 Å². The van der Waals surface area contributed by atoms with Gasteiger partial charge in [-0.2, -0.15) is 0 Å². The molecule has 124 heavy (non-hydrogen) atoms. The summed E-state index contributed by atoms with van der Waals surface area (Å²) in [4.78, 5) is 76.4. The van der Waals surface area contributed by atoms with E-state index in [-0.39, 0.29) is 101 Å². The predicted octanol–water partition coefficient (Wildman–Crippen LogP) is -7.08. The maximum atomic E-state index is 12.4. The number of hydrogen-bond acceptors (Lipinski definition) is 48. The van der Waals surface area contributed by atoms with Crippen molar-refractivity contribution in [1.82, 2.24) is 88.6 Å². The quantitative estimate of drug-likeness (QED) is 0.0147. The van der Waals surface area contributed by atoms with Gasteiger partial charge in [0.2, 0.25) is 0 Å². The molecule has 6 saturated heterocycles. The molecule has 30 N–H and O–H groups in total. The fourth-order valence-corrected chi connectivity index (χ4v) is 14.8. The Hall–Kier alpha value is -6.91. The molecular weight excluding hydrogens is 1850 g/mol. The summed E-state index contributed by atoms with van der Waals surface area (Å²) < 4.78 is 128. The zero-order valence-electron chi connectivity index (χ0n) is 64.2. The summed E-state index contributed by atoms with van der Waals surface area (Å²) in [5, 5.41) is 142. The molecule has 6 fully saturated rings. The summed E-state index contributed by atoms with van der Waals surface area (Å²) in [6.45, 7) is 13.9. The minimum Gasteiger partial charge on any atom is -0.396 e. The second-order valence-electron chi connectivity index (χ2n) is 26.5. The third-order valence-corrected chi connectivity index (χ3v) is 22.6. The van der Waals surface area contributed by atoms with Crippen LogP contribution in [0.5, 0.6) is 0 Å². The third-order valence-electron chi connectivity index (χ3n) is 16.8. The van der Waals surface area contributed by atoms with Crippen molar-refractivity contribution in [3.8, 4) is 0 Å². The minimum absolute atomic E-state index is 0.0736. The van der Waals surface area contributed by atoms with Crippen LogP contribution in [0.4, 0.5) is 4.20 Å². The Kier molecular flexibility index (Phi) is 37.7. The molecule has 6 aromatic heterocycles. The largest absolute Gasteiger partial charge is 0.694 e. The molecule has 0 bridgehead atoms. The number of aliphatic hydroxyl groups is 12. The first kappa shape index (κ1) is 104. The van der Waals surface area contributed by atoms with Crippen LogP contribution in [0.15, 0.2) is 77.4 Å². The first-order chi connectivity index (χ1) is 57.5. The second-order valence-corrected chi connectivity index (χ2v) is 39.7. The van der Waals surface area contributed by atoms with Crippen LogP contribution in [0.1, 0.15) is 72.3 Å². The first-order valence-electron chi connectivity index (χ1n) is 34.6. The molecule has 0 spiro atoms. The van der Waals surface area contributed by atoms with Gasteiger partial charge < -0.3 is 153 Å². The number of rotatable bonds is 30. The van der Waals surface area contributed by atoms with Gasteiger partial charge in [0, 0.05) is 23.6 Å². The molecule has 692 valence electrons. The molecule has 12 heterocycles. The van der Waals surface area contributed by atoms with E-state index in [9.17, 15) is 93.2 Å². The zero-order chi connectivity index (χ0) is 92.9. The van der Waals surface area contributed by atoms with Gasteiger partial charge in [0.15, 0.2) is 72.3 Å². The fourth-order valence-electron chi connectivity index (χ4n) is 10.8. The third kappa shape index (κ3) is 29.6. The van der Waals surface area contributed by atoms with E-state index in [2.05, 4.69) is 138 Å². The average Bonchev–Trinajstić information content (AvgIpc) is 1.68. The molecule has 68 heteroatoms. The Morgan fingerprint density at radius 3 is 0.839 bits per heavy atom. The fraction of sp³-hybridized carbons (Fsp3) is 0.571. The van der Waals surface area contributed by atoms with Gasteiger partial charge in [-0.25, -0.2) is 62.6 Å². The van der Waals surface area contributed by atoms with Gasteiger partial charge >= 0.3 is 37.7 Å². The Labute approximate surface area is 714 Å². The zero-order valence-corrected chi connectivity index (χ0v) is 72.1. The van der Waals surface area contributed by atoms with Gasteiger partial charge in [0.05, 0.1) is 60.1 Å². The molecule has 12 rings (SSSR count). The summed E-state index contributed by atoms with van der Waals surface area (Å²) in [6.07, 6.45) is -19.8. The smallest absolute Gasteiger partial charge is 0.396 e. The van der Waals surface area contributed by atoms with E-state index in [4.69, 9.17) is 96.3 Å². The number of nitrogens with two attached hydrogens (primary N) is 6. The minimum atomic E-state index is -5.20. The van der Waals surface area contributed by atoms with E-state index >= 15 is 0 Å². The van der Waals surface area contributed by atoms with Crippen LogP contribution in [0.25, 0.3) is 34.2 Å². The summed E-state index contributed by atoms with van der Waals surface area (Å²) in [5.74, 6) is 1.11. The molecule has 0 radical (unpaired) electrons. The lowest BCUT2D eigenvalue weighted by Gasteiger charge is -2.16. The maximum absolute atomic E-state index is 12.4. The highest BCUT2D eigenvalue weighted by Crippen LogP contribution is 2.52. The number of aliphatic hydroxyl groups excluding tert-OH is 12. The first-order valence-corrected chi connectivity index (χ1v) is 47.9. The molecule has 6 aliphatic heterocycles. The second kappa shape index (κ2) is 44.9. The van der Waals surface area contributed by atoms with Gasteiger partial charge in [-0.05, 0) is 16.4 Å². The van der Waals surface area contributed by atoms with Crippen molar-refractivity contribution < 1.29 is 169 Å². The Bertz CT molecular complexity index is 4370. The van der Waals surface area contributed by atoms with Crippen molar-refractivity contribution in [2.24, 2.45) is 34.4 Å². The van der Waals surface area contributed by atoms with Gasteiger partial charge in [-0.3, -0.25) is 18.5 Å². The molecule has 0 saturated carbocycles. The van der Waals surface area contributed by atoms with E-state index in [0.717, 1.165) is 22.7 Å².